The van der Waals surface area contributed by atoms with Gasteiger partial charge in [-0.2, -0.15) is 0 Å². The van der Waals surface area contributed by atoms with E-state index in [1.807, 2.05) is 0 Å². The number of aliphatic carboxylic acids is 2. The fourth-order valence-corrected chi connectivity index (χ4v) is 1.73. The molecule has 0 spiro atoms. The van der Waals surface area contributed by atoms with Gasteiger partial charge in [0.15, 0.2) is 6.61 Å². The lowest BCUT2D eigenvalue weighted by molar-refractivity contribution is -0.333. The SMILES string of the molecule is O=C(O)COOC1(C(=O)O)c2ccc(Cl)cc21. The number of carboxylic acids is 2. The van der Waals surface area contributed by atoms with Crippen LogP contribution in [0.25, 0.3) is 0 Å². The summed E-state index contributed by atoms with van der Waals surface area (Å²) in [5, 5.41) is 17.8. The van der Waals surface area contributed by atoms with E-state index in [1.54, 1.807) is 0 Å². The normalized spacial score (nSPS) is 20.8. The number of rotatable bonds is 5. The lowest BCUT2D eigenvalue weighted by Crippen LogP contribution is -2.26. The van der Waals surface area contributed by atoms with Crippen molar-refractivity contribution in [2.24, 2.45) is 0 Å². The lowest BCUT2D eigenvalue weighted by Gasteiger charge is -2.09. The van der Waals surface area contributed by atoms with E-state index in [0.717, 1.165) is 0 Å². The van der Waals surface area contributed by atoms with Gasteiger partial charge in [0.05, 0.1) is 0 Å². The molecule has 1 aromatic rings. The average Bonchev–Trinajstić information content (AvgIpc) is 2.86. The van der Waals surface area contributed by atoms with Crippen LogP contribution in [0.2, 0.25) is 5.02 Å². The maximum Gasteiger partial charge on any atom is 0.348 e. The Hall–Kier alpha value is -1.63. The Morgan fingerprint density at radius 1 is 1.29 bits per heavy atom. The van der Waals surface area contributed by atoms with Crippen molar-refractivity contribution >= 4 is 23.5 Å². The van der Waals surface area contributed by atoms with Gasteiger partial charge in [0.2, 0.25) is 0 Å². The summed E-state index contributed by atoms with van der Waals surface area (Å²) in [5.41, 5.74) is -0.953. The summed E-state index contributed by atoms with van der Waals surface area (Å²) in [7, 11) is 0. The third kappa shape index (κ3) is 1.86. The molecule has 2 N–H and O–H groups in total. The van der Waals surface area contributed by atoms with Crippen LogP contribution >= 0.6 is 11.6 Å². The molecule has 0 aromatic heterocycles. The summed E-state index contributed by atoms with van der Waals surface area (Å²) < 4.78 is 0. The monoisotopic (exact) mass is 258 g/mol. The highest BCUT2D eigenvalue weighted by atomic mass is 35.5. The summed E-state index contributed by atoms with van der Waals surface area (Å²) in [5.74, 6) is -2.53. The molecule has 7 heteroatoms. The zero-order valence-corrected chi connectivity index (χ0v) is 9.10. The molecule has 1 aliphatic carbocycles. The van der Waals surface area contributed by atoms with Crippen LogP contribution < -0.4 is 0 Å². The number of hydrogen-bond acceptors (Lipinski definition) is 4. The minimum absolute atomic E-state index is 0.364. The van der Waals surface area contributed by atoms with E-state index in [4.69, 9.17) is 26.7 Å². The summed E-state index contributed by atoms with van der Waals surface area (Å²) in [6.45, 7) is -0.739. The van der Waals surface area contributed by atoms with E-state index < -0.39 is 24.1 Å². The zero-order valence-electron chi connectivity index (χ0n) is 8.34. The van der Waals surface area contributed by atoms with Crippen LogP contribution in [0.1, 0.15) is 11.1 Å². The Morgan fingerprint density at radius 3 is 2.53 bits per heavy atom. The molecule has 1 aromatic carbocycles. The molecule has 0 heterocycles. The van der Waals surface area contributed by atoms with Crippen LogP contribution in [0.5, 0.6) is 0 Å². The van der Waals surface area contributed by atoms with Crippen LogP contribution in [-0.4, -0.2) is 28.8 Å². The average molecular weight is 259 g/mol. The summed E-state index contributed by atoms with van der Waals surface area (Å²) in [4.78, 5) is 30.4. The zero-order chi connectivity index (χ0) is 12.6. The first-order chi connectivity index (χ1) is 7.98. The van der Waals surface area contributed by atoms with Crippen LogP contribution in [0.4, 0.5) is 0 Å². The molecule has 90 valence electrons. The number of halogens is 1. The maximum absolute atomic E-state index is 11.1. The molecule has 2 rings (SSSR count). The van der Waals surface area contributed by atoms with E-state index in [2.05, 4.69) is 4.89 Å². The summed E-state index contributed by atoms with van der Waals surface area (Å²) in [6.07, 6.45) is 0. The second-order valence-corrected chi connectivity index (χ2v) is 3.85. The molecule has 0 bridgehead atoms. The topological polar surface area (TPSA) is 93.1 Å². The van der Waals surface area contributed by atoms with Crippen molar-refractivity contribution in [3.05, 3.63) is 34.3 Å². The number of fused-ring (bicyclic) bond motifs is 1. The van der Waals surface area contributed by atoms with Crippen molar-refractivity contribution in [3.63, 3.8) is 0 Å². The fourth-order valence-electron chi connectivity index (χ4n) is 1.56. The molecule has 0 aliphatic heterocycles. The Morgan fingerprint density at radius 2 is 2.00 bits per heavy atom. The van der Waals surface area contributed by atoms with Gasteiger partial charge < -0.3 is 10.2 Å². The predicted molar refractivity (Wildman–Crippen MR) is 54.5 cm³/mol. The van der Waals surface area contributed by atoms with Gasteiger partial charge in [-0.15, -0.1) is 0 Å². The molecule has 0 radical (unpaired) electrons. The van der Waals surface area contributed by atoms with Crippen molar-refractivity contribution in [2.75, 3.05) is 6.61 Å². The Balaban J connectivity index is 2.16. The molecule has 17 heavy (non-hydrogen) atoms. The fraction of sp³-hybridized carbons (Fsp3) is 0.200. The Kier molecular flexibility index (Phi) is 2.78. The van der Waals surface area contributed by atoms with E-state index in [0.29, 0.717) is 16.1 Å². The first-order valence-electron chi connectivity index (χ1n) is 4.55. The molecule has 0 saturated carbocycles. The van der Waals surface area contributed by atoms with Crippen molar-refractivity contribution < 1.29 is 29.6 Å². The third-order valence-corrected chi connectivity index (χ3v) is 2.58. The van der Waals surface area contributed by atoms with Crippen molar-refractivity contribution in [3.8, 4) is 0 Å². The number of hydrogen-bond donors (Lipinski definition) is 2. The minimum Gasteiger partial charge on any atom is -0.479 e. The van der Waals surface area contributed by atoms with E-state index in [-0.39, 0.29) is 0 Å². The molecule has 0 saturated heterocycles. The van der Waals surface area contributed by atoms with Crippen molar-refractivity contribution in [2.45, 2.75) is 5.60 Å². The summed E-state index contributed by atoms with van der Waals surface area (Å²) >= 11 is 5.71. The molecule has 6 nitrogen and oxygen atoms in total. The van der Waals surface area contributed by atoms with Crippen molar-refractivity contribution in [1.29, 1.82) is 0 Å². The maximum atomic E-state index is 11.1. The molecule has 0 fully saturated rings. The second kappa shape index (κ2) is 3.99. The first-order valence-corrected chi connectivity index (χ1v) is 4.92. The third-order valence-electron chi connectivity index (χ3n) is 2.35. The van der Waals surface area contributed by atoms with Gasteiger partial charge in [-0.05, 0) is 12.1 Å². The quantitative estimate of drug-likeness (QED) is 0.605. The molecule has 1 aliphatic rings. The predicted octanol–water partition coefficient (Wildman–Crippen LogP) is 1.01. The van der Waals surface area contributed by atoms with Crippen LogP contribution in [0.15, 0.2) is 18.2 Å². The highest BCUT2D eigenvalue weighted by Crippen LogP contribution is 2.52. The number of carboxylic acid groups (broad SMARTS) is 2. The minimum atomic E-state index is -1.72. The lowest BCUT2D eigenvalue weighted by atomic mass is 10.2. The van der Waals surface area contributed by atoms with E-state index in [9.17, 15) is 9.59 Å². The molecule has 0 amide bonds. The Labute approximate surface area is 100 Å². The van der Waals surface area contributed by atoms with Gasteiger partial charge in [0.25, 0.3) is 5.60 Å². The molecular formula is C10H7ClO6. The summed E-state index contributed by atoms with van der Waals surface area (Å²) in [6, 6.07) is 4.46. The number of carbonyl (C=O) groups is 2. The van der Waals surface area contributed by atoms with Gasteiger partial charge in [0.1, 0.15) is 0 Å². The second-order valence-electron chi connectivity index (χ2n) is 3.42. The molecular weight excluding hydrogens is 252 g/mol. The number of benzene rings is 1. The van der Waals surface area contributed by atoms with Crippen LogP contribution in [0.3, 0.4) is 0 Å². The highest BCUT2D eigenvalue weighted by Gasteiger charge is 2.61. The smallest absolute Gasteiger partial charge is 0.348 e. The molecule has 1 unspecified atom stereocenters. The highest BCUT2D eigenvalue weighted by molar-refractivity contribution is 6.30. The Bertz CT molecular complexity index is 500. The van der Waals surface area contributed by atoms with Crippen LogP contribution in [0, 0.1) is 0 Å². The van der Waals surface area contributed by atoms with E-state index in [1.165, 1.54) is 18.2 Å². The first kappa shape index (κ1) is 11.8. The van der Waals surface area contributed by atoms with Gasteiger partial charge >= 0.3 is 11.9 Å². The van der Waals surface area contributed by atoms with Gasteiger partial charge in [0, 0.05) is 16.1 Å². The van der Waals surface area contributed by atoms with Gasteiger partial charge in [-0.3, -0.25) is 0 Å². The largest absolute Gasteiger partial charge is 0.479 e. The molecule has 1 atom stereocenters. The van der Waals surface area contributed by atoms with Crippen molar-refractivity contribution in [1.82, 2.24) is 0 Å². The van der Waals surface area contributed by atoms with E-state index >= 15 is 0 Å². The van der Waals surface area contributed by atoms with Gasteiger partial charge in [-0.1, -0.05) is 17.7 Å². The standard InChI is InChI=1S/C10H7ClO6/c11-5-1-2-6-7(3-5)10(6,9(14)15)17-16-4-8(12)13/h1-3H,4H2,(H,12,13)(H,14,15). The van der Waals surface area contributed by atoms with Crippen LogP contribution in [-0.2, 0) is 25.0 Å². The van der Waals surface area contributed by atoms with Gasteiger partial charge in [-0.25, -0.2) is 19.4 Å².